The molecule has 0 saturated carbocycles. The van der Waals surface area contributed by atoms with Crippen LogP contribution in [-0.2, 0) is 20.6 Å². The highest BCUT2D eigenvalue weighted by Crippen LogP contribution is 2.36. The Morgan fingerprint density at radius 3 is 2.08 bits per heavy atom. The minimum Gasteiger partial charge on any atom is -0.399 e. The van der Waals surface area contributed by atoms with E-state index in [1.165, 1.54) is 5.56 Å². The summed E-state index contributed by atoms with van der Waals surface area (Å²) in [5.74, 6) is 0. The van der Waals surface area contributed by atoms with Gasteiger partial charge in [0.25, 0.3) is 0 Å². The largest absolute Gasteiger partial charge is 0.494 e. The van der Waals surface area contributed by atoms with Gasteiger partial charge in [0.1, 0.15) is 0 Å². The first-order valence-electron chi connectivity index (χ1n) is 9.53. The number of ether oxygens (including phenoxy) is 1. The quantitative estimate of drug-likeness (QED) is 0.813. The molecular formula is C20H32BNO4. The smallest absolute Gasteiger partial charge is 0.399 e. The number of likely N-dealkylation sites (N-methyl/N-ethyl adjacent to an activating group) is 1. The SMILES string of the molecule is CN(Cc1ccc(B2OC(C)(C)C(C)(C)O2)cc1)CC1(O)CCOCC1. The van der Waals surface area contributed by atoms with Crippen LogP contribution in [0.4, 0.5) is 0 Å². The molecule has 0 aliphatic carbocycles. The van der Waals surface area contributed by atoms with E-state index in [2.05, 4.69) is 63.9 Å². The van der Waals surface area contributed by atoms with E-state index in [1.54, 1.807) is 0 Å². The highest BCUT2D eigenvalue weighted by Gasteiger charge is 2.51. The molecule has 3 rings (SSSR count). The number of hydrogen-bond acceptors (Lipinski definition) is 5. The van der Waals surface area contributed by atoms with E-state index >= 15 is 0 Å². The third kappa shape index (κ3) is 4.31. The Morgan fingerprint density at radius 2 is 1.54 bits per heavy atom. The summed E-state index contributed by atoms with van der Waals surface area (Å²) < 4.78 is 17.6. The molecule has 1 aromatic carbocycles. The van der Waals surface area contributed by atoms with Gasteiger partial charge in [0.05, 0.1) is 16.8 Å². The van der Waals surface area contributed by atoms with Crippen LogP contribution in [0.2, 0.25) is 0 Å². The maximum atomic E-state index is 10.7. The summed E-state index contributed by atoms with van der Waals surface area (Å²) in [5.41, 5.74) is 0.975. The highest BCUT2D eigenvalue weighted by molar-refractivity contribution is 6.62. The second kappa shape index (κ2) is 7.25. The van der Waals surface area contributed by atoms with Crippen molar-refractivity contribution in [1.82, 2.24) is 4.90 Å². The van der Waals surface area contributed by atoms with Crippen molar-refractivity contribution < 1.29 is 19.2 Å². The van der Waals surface area contributed by atoms with Crippen LogP contribution in [0.1, 0.15) is 46.1 Å². The summed E-state index contributed by atoms with van der Waals surface area (Å²) in [5, 5.41) is 10.7. The lowest BCUT2D eigenvalue weighted by Gasteiger charge is -2.35. The van der Waals surface area contributed by atoms with Gasteiger partial charge >= 0.3 is 7.12 Å². The fourth-order valence-electron chi connectivity index (χ4n) is 3.54. The molecule has 2 aliphatic rings. The topological polar surface area (TPSA) is 51.2 Å². The second-order valence-electron chi connectivity index (χ2n) is 8.84. The molecule has 2 saturated heterocycles. The minimum atomic E-state index is -0.629. The van der Waals surface area contributed by atoms with Crippen molar-refractivity contribution in [3.05, 3.63) is 29.8 Å². The monoisotopic (exact) mass is 361 g/mol. The van der Waals surface area contributed by atoms with Crippen LogP contribution in [0, 0.1) is 0 Å². The molecule has 0 atom stereocenters. The van der Waals surface area contributed by atoms with Crippen molar-refractivity contribution in [3.63, 3.8) is 0 Å². The van der Waals surface area contributed by atoms with E-state index in [0.29, 0.717) is 32.6 Å². The summed E-state index contributed by atoms with van der Waals surface area (Å²) in [4.78, 5) is 2.18. The molecule has 0 spiro atoms. The van der Waals surface area contributed by atoms with Gasteiger partial charge in [-0.1, -0.05) is 24.3 Å². The number of hydrogen-bond donors (Lipinski definition) is 1. The Labute approximate surface area is 157 Å². The van der Waals surface area contributed by atoms with Crippen LogP contribution in [0.3, 0.4) is 0 Å². The molecule has 144 valence electrons. The van der Waals surface area contributed by atoms with Crippen molar-refractivity contribution in [1.29, 1.82) is 0 Å². The van der Waals surface area contributed by atoms with Crippen LogP contribution in [0.25, 0.3) is 0 Å². The zero-order chi connectivity index (χ0) is 19.0. The van der Waals surface area contributed by atoms with Crippen molar-refractivity contribution >= 4 is 12.6 Å². The van der Waals surface area contributed by atoms with Gasteiger partial charge in [0.15, 0.2) is 0 Å². The van der Waals surface area contributed by atoms with Gasteiger partial charge in [-0.15, -0.1) is 0 Å². The van der Waals surface area contributed by atoms with Gasteiger partial charge in [-0.2, -0.15) is 0 Å². The molecule has 1 aromatic rings. The van der Waals surface area contributed by atoms with E-state index in [1.807, 2.05) is 0 Å². The lowest BCUT2D eigenvalue weighted by molar-refractivity contribution is -0.0777. The van der Waals surface area contributed by atoms with Crippen LogP contribution >= 0.6 is 0 Å². The van der Waals surface area contributed by atoms with Crippen molar-refractivity contribution in [3.8, 4) is 0 Å². The molecule has 1 N–H and O–H groups in total. The zero-order valence-electron chi connectivity index (χ0n) is 16.7. The molecule has 2 heterocycles. The van der Waals surface area contributed by atoms with Gasteiger partial charge in [-0.05, 0) is 45.8 Å². The number of aliphatic hydroxyl groups is 1. The molecule has 0 bridgehead atoms. The first-order chi connectivity index (χ1) is 12.1. The van der Waals surface area contributed by atoms with Crippen molar-refractivity contribution in [2.75, 3.05) is 26.8 Å². The molecule has 6 heteroatoms. The summed E-state index contributed by atoms with van der Waals surface area (Å²) in [6, 6.07) is 8.39. The second-order valence-corrected chi connectivity index (χ2v) is 8.84. The highest BCUT2D eigenvalue weighted by atomic mass is 16.7. The summed E-state index contributed by atoms with van der Waals surface area (Å²) in [6.45, 7) is 11.0. The standard InChI is InChI=1S/C20H32BNO4/c1-18(2)19(3,4)26-21(25-18)17-8-6-16(7-9-17)14-22(5)15-20(23)10-12-24-13-11-20/h6-9,23H,10-15H2,1-5H3. The molecular weight excluding hydrogens is 329 g/mol. The number of benzene rings is 1. The van der Waals surface area contributed by atoms with Crippen molar-refractivity contribution in [2.24, 2.45) is 0 Å². The van der Waals surface area contributed by atoms with E-state index in [9.17, 15) is 5.11 Å². The first-order valence-corrected chi connectivity index (χ1v) is 9.53. The lowest BCUT2D eigenvalue weighted by Crippen LogP contribution is -2.45. The molecule has 0 aromatic heterocycles. The normalized spacial score (nSPS) is 24.2. The molecule has 26 heavy (non-hydrogen) atoms. The van der Waals surface area contributed by atoms with E-state index in [0.717, 1.165) is 12.0 Å². The predicted molar refractivity (Wildman–Crippen MR) is 103 cm³/mol. The molecule has 0 amide bonds. The van der Waals surface area contributed by atoms with Gasteiger partial charge < -0.3 is 19.2 Å². The Morgan fingerprint density at radius 1 is 1.00 bits per heavy atom. The maximum Gasteiger partial charge on any atom is 0.494 e. The fourth-order valence-corrected chi connectivity index (χ4v) is 3.54. The fraction of sp³-hybridized carbons (Fsp3) is 0.700. The summed E-state index contributed by atoms with van der Waals surface area (Å²) in [6.07, 6.45) is 1.41. The number of nitrogens with zero attached hydrogens (tertiary/aromatic N) is 1. The molecule has 2 aliphatic heterocycles. The minimum absolute atomic E-state index is 0.324. The van der Waals surface area contributed by atoms with Gasteiger partial charge in [-0.3, -0.25) is 4.90 Å². The van der Waals surface area contributed by atoms with Gasteiger partial charge in [0.2, 0.25) is 0 Å². The van der Waals surface area contributed by atoms with Crippen LogP contribution in [0.15, 0.2) is 24.3 Å². The Hall–Kier alpha value is -0.915. The van der Waals surface area contributed by atoms with Gasteiger partial charge in [-0.25, -0.2) is 0 Å². The average molecular weight is 361 g/mol. The molecule has 0 radical (unpaired) electrons. The van der Waals surface area contributed by atoms with E-state index in [-0.39, 0.29) is 18.3 Å². The zero-order valence-corrected chi connectivity index (χ0v) is 16.7. The number of rotatable bonds is 5. The summed E-state index contributed by atoms with van der Waals surface area (Å²) in [7, 11) is 1.73. The lowest BCUT2D eigenvalue weighted by atomic mass is 9.79. The third-order valence-corrected chi connectivity index (χ3v) is 5.95. The Kier molecular flexibility index (Phi) is 5.53. The van der Waals surface area contributed by atoms with E-state index < -0.39 is 5.60 Å². The van der Waals surface area contributed by atoms with Crippen LogP contribution < -0.4 is 5.46 Å². The van der Waals surface area contributed by atoms with Gasteiger partial charge in [0, 0.05) is 39.1 Å². The molecule has 5 nitrogen and oxygen atoms in total. The Balaban J connectivity index is 1.58. The average Bonchev–Trinajstić information content (AvgIpc) is 2.76. The van der Waals surface area contributed by atoms with E-state index in [4.69, 9.17) is 14.0 Å². The molecule has 2 fully saturated rings. The third-order valence-electron chi connectivity index (χ3n) is 5.95. The predicted octanol–water partition coefficient (Wildman–Crippen LogP) is 1.96. The van der Waals surface area contributed by atoms with Crippen LogP contribution in [-0.4, -0.2) is 60.7 Å². The molecule has 0 unspecified atom stereocenters. The Bertz CT molecular complexity index is 595. The maximum absolute atomic E-state index is 10.7. The summed E-state index contributed by atoms with van der Waals surface area (Å²) >= 11 is 0. The van der Waals surface area contributed by atoms with Crippen LogP contribution in [0.5, 0.6) is 0 Å². The first kappa shape index (κ1) is 19.8. The van der Waals surface area contributed by atoms with Crippen molar-refractivity contribution in [2.45, 2.75) is 63.9 Å².